The third kappa shape index (κ3) is 4.38. The van der Waals surface area contributed by atoms with E-state index in [1.165, 1.54) is 12.1 Å². The highest BCUT2D eigenvalue weighted by atomic mass is 19.1. The minimum absolute atomic E-state index is 0.0308. The molecular formula is C29H26F2N4O2. The number of hydrogen-bond acceptors (Lipinski definition) is 3. The molecule has 2 fully saturated rings. The number of nitrogens with zero attached hydrogens (tertiary/aromatic N) is 4. The maximum atomic E-state index is 14.3. The van der Waals surface area contributed by atoms with Crippen molar-refractivity contribution in [2.75, 3.05) is 39.3 Å². The molecule has 0 unspecified atom stereocenters. The van der Waals surface area contributed by atoms with E-state index in [-0.39, 0.29) is 17.5 Å². The molecule has 6 nitrogen and oxygen atoms in total. The molecule has 3 aromatic carbocycles. The van der Waals surface area contributed by atoms with Crippen LogP contribution in [0.5, 0.6) is 0 Å². The second kappa shape index (κ2) is 9.44. The summed E-state index contributed by atoms with van der Waals surface area (Å²) in [5.74, 6) is -1.23. The van der Waals surface area contributed by atoms with Gasteiger partial charge in [-0.2, -0.15) is 0 Å². The monoisotopic (exact) mass is 500 g/mol. The standard InChI is InChI=1S/C29H26F2N4O2/c30-23-7-9-27(25(31)17-23)35-11-10-21-16-22(6-8-26(21)35)29(37)34-18-24(19-34)32-12-14-33(15-13-32)28(36)20-4-2-1-3-5-20/h1-11,16-17,24H,12-15,18-19H2. The Balaban J connectivity index is 1.07. The van der Waals surface area contributed by atoms with Crippen molar-refractivity contribution in [3.8, 4) is 5.69 Å². The first-order valence-electron chi connectivity index (χ1n) is 12.4. The number of benzene rings is 3. The Hall–Kier alpha value is -4.04. The van der Waals surface area contributed by atoms with Crippen molar-refractivity contribution in [1.29, 1.82) is 0 Å². The number of hydrogen-bond donors (Lipinski definition) is 0. The van der Waals surface area contributed by atoms with Gasteiger partial charge in [0, 0.05) is 74.1 Å². The second-order valence-electron chi connectivity index (χ2n) is 9.61. The molecular weight excluding hydrogens is 474 g/mol. The van der Waals surface area contributed by atoms with Crippen molar-refractivity contribution >= 4 is 22.7 Å². The molecule has 0 bridgehead atoms. The van der Waals surface area contributed by atoms with Crippen LogP contribution in [-0.2, 0) is 0 Å². The molecule has 0 atom stereocenters. The number of carbonyl (C=O) groups is 2. The highest BCUT2D eigenvalue weighted by Crippen LogP contribution is 2.26. The molecule has 8 heteroatoms. The number of rotatable bonds is 4. The van der Waals surface area contributed by atoms with Crippen LogP contribution in [0.1, 0.15) is 20.7 Å². The predicted molar refractivity (Wildman–Crippen MR) is 137 cm³/mol. The quantitative estimate of drug-likeness (QED) is 0.422. The van der Waals surface area contributed by atoms with Crippen molar-refractivity contribution < 1.29 is 18.4 Å². The molecule has 0 spiro atoms. The molecule has 37 heavy (non-hydrogen) atoms. The Morgan fingerprint density at radius 1 is 0.730 bits per heavy atom. The van der Waals surface area contributed by atoms with Gasteiger partial charge in [0.1, 0.15) is 11.6 Å². The van der Waals surface area contributed by atoms with Gasteiger partial charge < -0.3 is 14.4 Å². The first-order chi connectivity index (χ1) is 18.0. The van der Waals surface area contributed by atoms with E-state index >= 15 is 0 Å². The number of amides is 2. The Morgan fingerprint density at radius 3 is 2.19 bits per heavy atom. The smallest absolute Gasteiger partial charge is 0.253 e. The van der Waals surface area contributed by atoms with Gasteiger partial charge in [0.2, 0.25) is 0 Å². The minimum Gasteiger partial charge on any atom is -0.336 e. The molecule has 2 aliphatic heterocycles. The van der Waals surface area contributed by atoms with Gasteiger partial charge in [-0.3, -0.25) is 14.5 Å². The van der Waals surface area contributed by atoms with Gasteiger partial charge in [0.25, 0.3) is 11.8 Å². The van der Waals surface area contributed by atoms with E-state index in [2.05, 4.69) is 4.90 Å². The van der Waals surface area contributed by atoms with Crippen molar-refractivity contribution in [3.05, 3.63) is 102 Å². The van der Waals surface area contributed by atoms with Crippen LogP contribution in [-0.4, -0.2) is 76.4 Å². The number of carbonyl (C=O) groups excluding carboxylic acids is 2. The van der Waals surface area contributed by atoms with Crippen LogP contribution in [0.2, 0.25) is 0 Å². The molecule has 1 aromatic heterocycles. The normalized spacial score (nSPS) is 16.7. The van der Waals surface area contributed by atoms with Crippen molar-refractivity contribution in [1.82, 2.24) is 19.3 Å². The van der Waals surface area contributed by atoms with Gasteiger partial charge in [-0.05, 0) is 48.5 Å². The summed E-state index contributed by atoms with van der Waals surface area (Å²) in [7, 11) is 0. The second-order valence-corrected chi connectivity index (χ2v) is 9.61. The van der Waals surface area contributed by atoms with Crippen molar-refractivity contribution in [2.24, 2.45) is 0 Å². The topological polar surface area (TPSA) is 48.8 Å². The van der Waals surface area contributed by atoms with Crippen LogP contribution in [0.25, 0.3) is 16.6 Å². The summed E-state index contributed by atoms with van der Waals surface area (Å²) in [5, 5.41) is 0.811. The average molecular weight is 501 g/mol. The molecule has 2 aliphatic rings. The number of piperazine rings is 1. The molecule has 2 saturated heterocycles. The molecule has 0 aliphatic carbocycles. The van der Waals surface area contributed by atoms with Gasteiger partial charge in [0.05, 0.1) is 11.2 Å². The highest BCUT2D eigenvalue weighted by molar-refractivity contribution is 5.99. The minimum atomic E-state index is -0.644. The first-order valence-corrected chi connectivity index (χ1v) is 12.4. The molecule has 4 aromatic rings. The van der Waals surface area contributed by atoms with Gasteiger partial charge in [0.15, 0.2) is 0 Å². The molecule has 2 amide bonds. The highest BCUT2D eigenvalue weighted by Gasteiger charge is 2.37. The molecule has 0 N–H and O–H groups in total. The number of halogens is 2. The lowest BCUT2D eigenvalue weighted by Gasteiger charge is -2.48. The fourth-order valence-corrected chi connectivity index (χ4v) is 5.25. The fraction of sp³-hybridized carbons (Fsp3) is 0.241. The van der Waals surface area contributed by atoms with Gasteiger partial charge in [-0.1, -0.05) is 18.2 Å². The van der Waals surface area contributed by atoms with Crippen LogP contribution < -0.4 is 0 Å². The lowest BCUT2D eigenvalue weighted by atomic mass is 10.0. The van der Waals surface area contributed by atoms with Gasteiger partial charge >= 0.3 is 0 Å². The summed E-state index contributed by atoms with van der Waals surface area (Å²) >= 11 is 0. The predicted octanol–water partition coefficient (Wildman–Crippen LogP) is 4.19. The zero-order valence-electron chi connectivity index (χ0n) is 20.2. The number of fused-ring (bicyclic) bond motifs is 1. The third-order valence-electron chi connectivity index (χ3n) is 7.39. The van der Waals surface area contributed by atoms with Gasteiger partial charge in [-0.25, -0.2) is 8.78 Å². The Bertz CT molecular complexity index is 1470. The largest absolute Gasteiger partial charge is 0.336 e. The number of aromatic nitrogens is 1. The van der Waals surface area contributed by atoms with E-state index in [0.29, 0.717) is 43.3 Å². The van der Waals surface area contributed by atoms with Crippen LogP contribution in [0, 0.1) is 11.6 Å². The summed E-state index contributed by atoms with van der Waals surface area (Å²) in [4.78, 5) is 31.9. The van der Waals surface area contributed by atoms with Crippen LogP contribution >= 0.6 is 0 Å². The average Bonchev–Trinajstić information content (AvgIpc) is 3.31. The summed E-state index contributed by atoms with van der Waals surface area (Å²) in [6.45, 7) is 4.27. The molecule has 3 heterocycles. The summed E-state index contributed by atoms with van der Waals surface area (Å²) in [6, 6.07) is 20.3. The van der Waals surface area contributed by atoms with E-state index in [1.54, 1.807) is 22.9 Å². The van der Waals surface area contributed by atoms with Crippen molar-refractivity contribution in [2.45, 2.75) is 6.04 Å². The van der Waals surface area contributed by atoms with E-state index in [9.17, 15) is 18.4 Å². The molecule has 0 radical (unpaired) electrons. The summed E-state index contributed by atoms with van der Waals surface area (Å²) < 4.78 is 29.3. The lowest BCUT2D eigenvalue weighted by Crippen LogP contribution is -2.64. The molecule has 188 valence electrons. The van der Waals surface area contributed by atoms with Crippen molar-refractivity contribution in [3.63, 3.8) is 0 Å². The zero-order chi connectivity index (χ0) is 25.5. The number of likely N-dealkylation sites (tertiary alicyclic amines) is 1. The van der Waals surface area contributed by atoms with E-state index in [0.717, 1.165) is 30.1 Å². The molecule has 6 rings (SSSR count). The maximum absolute atomic E-state index is 14.3. The van der Waals surface area contributed by atoms with E-state index in [4.69, 9.17) is 0 Å². The van der Waals surface area contributed by atoms with Crippen LogP contribution in [0.15, 0.2) is 79.0 Å². The Morgan fingerprint density at radius 2 is 1.46 bits per heavy atom. The Labute approximate surface area is 213 Å². The van der Waals surface area contributed by atoms with E-state index < -0.39 is 11.6 Å². The SMILES string of the molecule is O=C(c1ccccc1)N1CCN(C2CN(C(=O)c3ccc4c(ccn4-c4ccc(F)cc4F)c3)C2)CC1. The van der Waals surface area contributed by atoms with Crippen LogP contribution in [0.3, 0.4) is 0 Å². The van der Waals surface area contributed by atoms with E-state index in [1.807, 2.05) is 52.3 Å². The lowest BCUT2D eigenvalue weighted by molar-refractivity contribution is 0.00854. The Kier molecular flexibility index (Phi) is 5.96. The summed E-state index contributed by atoms with van der Waals surface area (Å²) in [6.07, 6.45) is 1.72. The summed E-state index contributed by atoms with van der Waals surface area (Å²) in [5.41, 5.74) is 2.30. The third-order valence-corrected chi connectivity index (χ3v) is 7.39. The van der Waals surface area contributed by atoms with Crippen LogP contribution in [0.4, 0.5) is 8.78 Å². The van der Waals surface area contributed by atoms with Gasteiger partial charge in [-0.15, -0.1) is 0 Å². The first kappa shape index (κ1) is 23.4. The zero-order valence-corrected chi connectivity index (χ0v) is 20.2. The fourth-order valence-electron chi connectivity index (χ4n) is 5.25. The molecule has 0 saturated carbocycles. The maximum Gasteiger partial charge on any atom is 0.253 e.